The zero-order chi connectivity index (χ0) is 30.0. The van der Waals surface area contributed by atoms with Gasteiger partial charge in [-0.25, -0.2) is 4.79 Å². The predicted molar refractivity (Wildman–Crippen MR) is 165 cm³/mol. The maximum absolute atomic E-state index is 14.1. The number of aliphatic hydroxyl groups excluding tert-OH is 1. The molecule has 0 bridgehead atoms. The van der Waals surface area contributed by atoms with E-state index >= 15 is 0 Å². The summed E-state index contributed by atoms with van der Waals surface area (Å²) in [5.41, 5.74) is 0.633. The van der Waals surface area contributed by atoms with E-state index in [1.54, 1.807) is 51.1 Å². The van der Waals surface area contributed by atoms with Gasteiger partial charge in [-0.15, -0.1) is 6.42 Å². The summed E-state index contributed by atoms with van der Waals surface area (Å²) in [5.74, 6) is 2.12. The molecule has 0 aromatic heterocycles. The summed E-state index contributed by atoms with van der Waals surface area (Å²) in [7, 11) is 0. The number of nitrogens with one attached hydrogen (secondary N) is 2. The number of aliphatic hydroxyl groups is 1. The van der Waals surface area contributed by atoms with E-state index in [1.165, 1.54) is 16.7 Å². The first-order valence-electron chi connectivity index (χ1n) is 13.3. The van der Waals surface area contributed by atoms with Crippen molar-refractivity contribution in [3.8, 4) is 12.3 Å². The van der Waals surface area contributed by atoms with Gasteiger partial charge in [-0.2, -0.15) is 11.8 Å². The fourth-order valence-corrected chi connectivity index (χ4v) is 4.88. The summed E-state index contributed by atoms with van der Waals surface area (Å²) >= 11 is 1.51. The second-order valence-corrected chi connectivity index (χ2v) is 11.4. The summed E-state index contributed by atoms with van der Waals surface area (Å²) in [6, 6.07) is 18.0. The van der Waals surface area contributed by atoms with Gasteiger partial charge in [0.1, 0.15) is 17.7 Å². The van der Waals surface area contributed by atoms with Crippen LogP contribution in [0, 0.1) is 12.3 Å². The van der Waals surface area contributed by atoms with Crippen LogP contribution in [0.15, 0.2) is 66.7 Å². The molecule has 41 heavy (non-hydrogen) atoms. The number of terminal acetylenes is 1. The van der Waals surface area contributed by atoms with Gasteiger partial charge in [-0.3, -0.25) is 9.59 Å². The Morgan fingerprint density at radius 3 is 2.39 bits per heavy atom. The highest BCUT2D eigenvalue weighted by molar-refractivity contribution is 7.98. The van der Waals surface area contributed by atoms with E-state index in [9.17, 15) is 19.5 Å². The van der Waals surface area contributed by atoms with Crippen LogP contribution in [-0.4, -0.2) is 64.7 Å². The first-order valence-corrected chi connectivity index (χ1v) is 14.7. The van der Waals surface area contributed by atoms with Crippen LogP contribution in [-0.2, 0) is 14.3 Å². The Balaban J connectivity index is 2.03. The lowest BCUT2D eigenvalue weighted by atomic mass is 9.97. The number of fused-ring (bicyclic) bond motifs is 1. The topological polar surface area (TPSA) is 108 Å². The van der Waals surface area contributed by atoms with Crippen LogP contribution in [0.1, 0.15) is 44.4 Å². The molecule has 0 aliphatic heterocycles. The second-order valence-electron chi connectivity index (χ2n) is 10.4. The van der Waals surface area contributed by atoms with E-state index < -0.39 is 42.2 Å². The minimum absolute atomic E-state index is 0.167. The van der Waals surface area contributed by atoms with Gasteiger partial charge in [-0.05, 0) is 73.7 Å². The van der Waals surface area contributed by atoms with Gasteiger partial charge < -0.3 is 25.4 Å². The zero-order valence-electron chi connectivity index (χ0n) is 23.8. The second kappa shape index (κ2) is 14.6. The Bertz CT molecular complexity index is 1410. The molecule has 3 aromatic carbocycles. The van der Waals surface area contributed by atoms with Crippen molar-refractivity contribution in [1.82, 2.24) is 10.2 Å². The van der Waals surface area contributed by atoms with Gasteiger partial charge in [0.2, 0.25) is 5.91 Å². The monoisotopic (exact) mass is 575 g/mol. The van der Waals surface area contributed by atoms with Gasteiger partial charge in [0, 0.05) is 17.8 Å². The Kier molecular flexibility index (Phi) is 11.2. The van der Waals surface area contributed by atoms with Crippen LogP contribution in [0.2, 0.25) is 0 Å². The number of rotatable bonds is 11. The van der Waals surface area contributed by atoms with Crippen molar-refractivity contribution in [2.45, 2.75) is 44.9 Å². The Labute approximate surface area is 245 Å². The van der Waals surface area contributed by atoms with Gasteiger partial charge in [0.25, 0.3) is 5.91 Å². The zero-order valence-corrected chi connectivity index (χ0v) is 24.7. The molecule has 3 rings (SSSR count). The molecular formula is C32H37N3O5S. The number of amides is 3. The van der Waals surface area contributed by atoms with E-state index in [1.807, 2.05) is 42.7 Å². The maximum Gasteiger partial charge on any atom is 0.408 e. The number of carbonyl (C=O) groups is 3. The molecule has 3 N–H and O–H groups in total. The lowest BCUT2D eigenvalue weighted by Gasteiger charge is -2.34. The molecule has 9 heteroatoms. The fourth-order valence-electron chi connectivity index (χ4n) is 4.41. The highest BCUT2D eigenvalue weighted by atomic mass is 32.2. The number of anilines is 1. The molecule has 0 heterocycles. The predicted octanol–water partition coefficient (Wildman–Crippen LogP) is 4.97. The van der Waals surface area contributed by atoms with Crippen molar-refractivity contribution in [1.29, 1.82) is 0 Å². The third kappa shape index (κ3) is 8.74. The molecule has 0 saturated carbocycles. The maximum atomic E-state index is 14.1. The van der Waals surface area contributed by atoms with E-state index in [0.717, 1.165) is 10.8 Å². The number of hydrogen-bond acceptors (Lipinski definition) is 6. The van der Waals surface area contributed by atoms with Crippen LogP contribution < -0.4 is 10.6 Å². The van der Waals surface area contributed by atoms with Gasteiger partial charge in [-0.1, -0.05) is 54.5 Å². The van der Waals surface area contributed by atoms with Crippen molar-refractivity contribution in [2.24, 2.45) is 0 Å². The molecule has 0 aliphatic rings. The van der Waals surface area contributed by atoms with E-state index in [-0.39, 0.29) is 13.0 Å². The number of alkyl carbamates (subject to hydrolysis) is 1. The minimum Gasteiger partial charge on any atom is -0.444 e. The summed E-state index contributed by atoms with van der Waals surface area (Å²) in [5, 5.41) is 17.6. The van der Waals surface area contributed by atoms with Crippen molar-refractivity contribution >= 4 is 46.1 Å². The van der Waals surface area contributed by atoms with Crippen LogP contribution in [0.25, 0.3) is 10.8 Å². The molecule has 0 saturated heterocycles. The highest BCUT2D eigenvalue weighted by Gasteiger charge is 2.37. The van der Waals surface area contributed by atoms with Gasteiger partial charge in [0.05, 0.1) is 6.61 Å². The van der Waals surface area contributed by atoms with E-state index in [2.05, 4.69) is 16.6 Å². The molecule has 2 atom stereocenters. The summed E-state index contributed by atoms with van der Waals surface area (Å²) in [6.45, 7) is 4.61. The average molecular weight is 576 g/mol. The molecule has 0 spiro atoms. The average Bonchev–Trinajstić information content (AvgIpc) is 2.93. The molecule has 2 unspecified atom stereocenters. The van der Waals surface area contributed by atoms with Crippen molar-refractivity contribution < 1.29 is 24.2 Å². The van der Waals surface area contributed by atoms with Crippen molar-refractivity contribution in [3.05, 3.63) is 77.9 Å². The quantitative estimate of drug-likeness (QED) is 0.279. The normalized spacial score (nSPS) is 12.6. The third-order valence-corrected chi connectivity index (χ3v) is 6.86. The van der Waals surface area contributed by atoms with Crippen LogP contribution in [0.5, 0.6) is 0 Å². The molecule has 0 fully saturated rings. The Morgan fingerprint density at radius 2 is 1.73 bits per heavy atom. The molecule has 0 radical (unpaired) electrons. The van der Waals surface area contributed by atoms with Crippen molar-refractivity contribution in [2.75, 3.05) is 30.5 Å². The molecule has 3 aromatic rings. The fraction of sp³-hybridized carbons (Fsp3) is 0.344. The van der Waals surface area contributed by atoms with Crippen molar-refractivity contribution in [3.63, 3.8) is 0 Å². The smallest absolute Gasteiger partial charge is 0.408 e. The molecule has 8 nitrogen and oxygen atoms in total. The summed E-state index contributed by atoms with van der Waals surface area (Å²) in [4.78, 5) is 42.0. The SMILES string of the molecule is C#Cc1ccccc1C(C(=O)Nc1ccc2ccccc2c1)N(CCO)C(=O)C(CCSC)NC(=O)OC(C)(C)C. The van der Waals surface area contributed by atoms with Gasteiger partial charge in [0.15, 0.2) is 0 Å². The number of ether oxygens (including phenoxy) is 1. The summed E-state index contributed by atoms with van der Waals surface area (Å²) in [6.07, 6.45) is 7.23. The first-order chi connectivity index (χ1) is 19.6. The first kappa shape index (κ1) is 31.5. The number of benzene rings is 3. The third-order valence-electron chi connectivity index (χ3n) is 6.21. The standard InChI is InChI=1S/C32H37N3O5S/c1-6-22-11-9-10-14-26(22)28(29(37)33-25-16-15-23-12-7-8-13-24(23)21-25)35(18-19-36)30(38)27(17-20-41-5)34-31(39)40-32(2,3)4/h1,7-16,21,27-28,36H,17-20H2,2-5H3,(H,33,37)(H,34,39). The van der Waals surface area contributed by atoms with Crippen LogP contribution in [0.3, 0.4) is 0 Å². The lowest BCUT2D eigenvalue weighted by molar-refractivity contribution is -0.141. The number of thioether (sulfide) groups is 1. The van der Waals surface area contributed by atoms with E-state index in [0.29, 0.717) is 22.6 Å². The number of hydrogen-bond donors (Lipinski definition) is 3. The number of carbonyl (C=O) groups excluding carboxylic acids is 3. The Hall–Kier alpha value is -4.00. The molecular weight excluding hydrogens is 538 g/mol. The van der Waals surface area contributed by atoms with Crippen LogP contribution in [0.4, 0.5) is 10.5 Å². The minimum atomic E-state index is -1.19. The molecule has 216 valence electrons. The lowest BCUT2D eigenvalue weighted by Crippen LogP contribution is -2.53. The largest absolute Gasteiger partial charge is 0.444 e. The van der Waals surface area contributed by atoms with Crippen LogP contribution >= 0.6 is 11.8 Å². The highest BCUT2D eigenvalue weighted by Crippen LogP contribution is 2.28. The molecule has 3 amide bonds. The number of nitrogens with zero attached hydrogens (tertiary/aromatic N) is 1. The Morgan fingerprint density at radius 1 is 1.05 bits per heavy atom. The van der Waals surface area contributed by atoms with Gasteiger partial charge >= 0.3 is 6.09 Å². The summed E-state index contributed by atoms with van der Waals surface area (Å²) < 4.78 is 5.40. The van der Waals surface area contributed by atoms with E-state index in [4.69, 9.17) is 11.2 Å². The molecule has 0 aliphatic carbocycles.